The molecular formula is C30H32FN3O4. The van der Waals surface area contributed by atoms with Crippen molar-refractivity contribution in [3.8, 4) is 22.8 Å². The van der Waals surface area contributed by atoms with Gasteiger partial charge >= 0.3 is 5.97 Å². The van der Waals surface area contributed by atoms with E-state index in [9.17, 15) is 14.3 Å². The molecule has 3 fully saturated rings. The van der Waals surface area contributed by atoms with Gasteiger partial charge in [-0.1, -0.05) is 18.6 Å². The van der Waals surface area contributed by atoms with Gasteiger partial charge in [-0.15, -0.1) is 0 Å². The lowest BCUT2D eigenvalue weighted by atomic mass is 9.63. The number of ether oxygens (including phenoxy) is 2. The van der Waals surface area contributed by atoms with Crippen LogP contribution in [0, 0.1) is 17.2 Å². The number of rotatable bonds is 10. The Bertz CT molecular complexity index is 1350. The highest BCUT2D eigenvalue weighted by molar-refractivity contribution is 5.74. The summed E-state index contributed by atoms with van der Waals surface area (Å²) in [4.78, 5) is 23.1. The van der Waals surface area contributed by atoms with Crippen molar-refractivity contribution in [1.29, 1.82) is 0 Å². The van der Waals surface area contributed by atoms with Crippen molar-refractivity contribution in [3.63, 3.8) is 0 Å². The summed E-state index contributed by atoms with van der Waals surface area (Å²) in [6.45, 7) is 2.01. The van der Waals surface area contributed by atoms with Crippen LogP contribution in [0.1, 0.15) is 55.7 Å². The zero-order valence-electron chi connectivity index (χ0n) is 21.5. The highest BCUT2D eigenvalue weighted by Crippen LogP contribution is 2.50. The maximum Gasteiger partial charge on any atom is 0.303 e. The number of halogens is 1. The lowest BCUT2D eigenvalue weighted by Gasteiger charge is -2.56. The van der Waals surface area contributed by atoms with Crippen LogP contribution >= 0.6 is 0 Å². The van der Waals surface area contributed by atoms with Crippen LogP contribution in [0.4, 0.5) is 10.2 Å². The Morgan fingerprint density at radius 2 is 2.00 bits per heavy atom. The van der Waals surface area contributed by atoms with Crippen molar-refractivity contribution in [1.82, 2.24) is 9.97 Å². The second kappa shape index (κ2) is 9.89. The fourth-order valence-electron chi connectivity index (χ4n) is 5.85. The maximum atomic E-state index is 14.9. The molecule has 8 heteroatoms. The third-order valence-electron chi connectivity index (χ3n) is 8.26. The second-order valence-electron chi connectivity index (χ2n) is 11.0. The van der Waals surface area contributed by atoms with Gasteiger partial charge in [0.15, 0.2) is 5.82 Å². The fraction of sp³-hybridized carbons (Fsp3) is 0.433. The fourth-order valence-corrected chi connectivity index (χ4v) is 5.85. The summed E-state index contributed by atoms with van der Waals surface area (Å²) < 4.78 is 26.3. The van der Waals surface area contributed by atoms with Gasteiger partial charge < -0.3 is 19.5 Å². The summed E-state index contributed by atoms with van der Waals surface area (Å²) in [6, 6.07) is 12.4. The van der Waals surface area contributed by atoms with E-state index in [1.54, 1.807) is 25.4 Å². The zero-order chi connectivity index (χ0) is 26.3. The molecule has 2 saturated carbocycles. The first-order chi connectivity index (χ1) is 18.4. The number of anilines is 1. The number of hydrogen-bond donors (Lipinski definition) is 1. The van der Waals surface area contributed by atoms with Gasteiger partial charge in [0.25, 0.3) is 0 Å². The van der Waals surface area contributed by atoms with Gasteiger partial charge in [0, 0.05) is 24.1 Å². The Morgan fingerprint density at radius 3 is 2.68 bits per heavy atom. The van der Waals surface area contributed by atoms with E-state index in [-0.39, 0.29) is 24.8 Å². The SMILES string of the molecule is COc1ccc(F)c(-c2ncc(COc3cccc(C(CC(=O)O)C4CC4)c3)nc2N2CC3(CCC3)C2)c1. The normalized spacial score (nSPS) is 18.4. The van der Waals surface area contributed by atoms with Gasteiger partial charge in [-0.3, -0.25) is 9.78 Å². The number of aliphatic carboxylic acids is 1. The number of carbonyl (C=O) groups is 1. The van der Waals surface area contributed by atoms with Gasteiger partial charge in [0.2, 0.25) is 0 Å². The highest BCUT2D eigenvalue weighted by atomic mass is 19.1. The topological polar surface area (TPSA) is 84.8 Å². The van der Waals surface area contributed by atoms with Crippen molar-refractivity contribution in [3.05, 3.63) is 65.7 Å². The van der Waals surface area contributed by atoms with Gasteiger partial charge in [0.05, 0.1) is 25.4 Å². The van der Waals surface area contributed by atoms with Crippen LogP contribution in [0.25, 0.3) is 11.3 Å². The Labute approximate surface area is 221 Å². The Balaban J connectivity index is 1.24. The number of nitrogens with zero attached hydrogens (tertiary/aromatic N) is 3. The predicted octanol–water partition coefficient (Wildman–Crippen LogP) is 5.83. The first kappa shape index (κ1) is 24.6. The number of carboxylic acids is 1. The lowest BCUT2D eigenvalue weighted by Crippen LogP contribution is -2.60. The van der Waals surface area contributed by atoms with E-state index in [4.69, 9.17) is 14.5 Å². The van der Waals surface area contributed by atoms with Crippen LogP contribution in [0.2, 0.25) is 0 Å². The summed E-state index contributed by atoms with van der Waals surface area (Å²) >= 11 is 0. The summed E-state index contributed by atoms with van der Waals surface area (Å²) in [5, 5.41) is 9.36. The first-order valence-electron chi connectivity index (χ1n) is 13.3. The minimum absolute atomic E-state index is 0.00438. The molecule has 2 aliphatic carbocycles. The van der Waals surface area contributed by atoms with Crippen LogP contribution in [-0.2, 0) is 11.4 Å². The van der Waals surface area contributed by atoms with Crippen molar-refractivity contribution >= 4 is 11.8 Å². The predicted molar refractivity (Wildman–Crippen MR) is 141 cm³/mol. The molecule has 1 N–H and O–H groups in total. The monoisotopic (exact) mass is 517 g/mol. The molecule has 1 spiro atoms. The van der Waals surface area contributed by atoms with E-state index < -0.39 is 5.97 Å². The maximum absolute atomic E-state index is 14.9. The van der Waals surface area contributed by atoms with Crippen molar-refractivity contribution in [2.24, 2.45) is 11.3 Å². The second-order valence-corrected chi connectivity index (χ2v) is 11.0. The average Bonchev–Trinajstić information content (AvgIpc) is 3.70. The molecule has 7 nitrogen and oxygen atoms in total. The van der Waals surface area contributed by atoms with E-state index in [1.165, 1.54) is 25.3 Å². The molecule has 38 heavy (non-hydrogen) atoms. The van der Waals surface area contributed by atoms with Crippen LogP contribution in [-0.4, -0.2) is 41.2 Å². The van der Waals surface area contributed by atoms with Gasteiger partial charge in [-0.25, -0.2) is 9.37 Å². The molecule has 0 bridgehead atoms. The van der Waals surface area contributed by atoms with Crippen molar-refractivity contribution < 1.29 is 23.8 Å². The first-order valence-corrected chi connectivity index (χ1v) is 13.3. The number of aromatic nitrogens is 2. The molecule has 3 aliphatic rings. The number of benzene rings is 2. The van der Waals surface area contributed by atoms with Crippen molar-refractivity contribution in [2.45, 2.75) is 51.0 Å². The molecule has 0 radical (unpaired) electrons. The zero-order valence-corrected chi connectivity index (χ0v) is 21.5. The molecule has 1 aromatic heterocycles. The molecule has 1 saturated heterocycles. The molecular weight excluding hydrogens is 485 g/mol. The van der Waals surface area contributed by atoms with Crippen LogP contribution < -0.4 is 14.4 Å². The van der Waals surface area contributed by atoms with E-state index in [0.717, 1.165) is 31.5 Å². The lowest BCUT2D eigenvalue weighted by molar-refractivity contribution is -0.137. The summed E-state index contributed by atoms with van der Waals surface area (Å²) in [5.41, 5.74) is 2.88. The van der Waals surface area contributed by atoms with E-state index >= 15 is 0 Å². The molecule has 1 atom stereocenters. The molecule has 2 aromatic carbocycles. The molecule has 1 unspecified atom stereocenters. The average molecular weight is 518 g/mol. The van der Waals surface area contributed by atoms with Gasteiger partial charge in [-0.05, 0) is 73.4 Å². The molecule has 2 heterocycles. The van der Waals surface area contributed by atoms with Gasteiger partial charge in [0.1, 0.15) is 29.6 Å². The van der Waals surface area contributed by atoms with Crippen LogP contribution in [0.3, 0.4) is 0 Å². The minimum atomic E-state index is -0.779. The smallest absolute Gasteiger partial charge is 0.303 e. The summed E-state index contributed by atoms with van der Waals surface area (Å²) in [5.74, 6) is 1.18. The van der Waals surface area contributed by atoms with Crippen molar-refractivity contribution in [2.75, 3.05) is 25.1 Å². The van der Waals surface area contributed by atoms with Crippen LogP contribution in [0.15, 0.2) is 48.7 Å². The van der Waals surface area contributed by atoms with E-state index in [2.05, 4.69) is 9.88 Å². The van der Waals surface area contributed by atoms with Gasteiger partial charge in [-0.2, -0.15) is 0 Å². The molecule has 0 amide bonds. The third kappa shape index (κ3) is 4.91. The summed E-state index contributed by atoms with van der Waals surface area (Å²) in [7, 11) is 1.56. The Kier molecular flexibility index (Phi) is 6.41. The molecule has 1 aliphatic heterocycles. The number of methoxy groups -OCH3 is 1. The third-order valence-corrected chi connectivity index (χ3v) is 8.26. The molecule has 3 aromatic rings. The van der Waals surface area contributed by atoms with E-state index in [0.29, 0.717) is 45.6 Å². The highest BCUT2D eigenvalue weighted by Gasteiger charge is 2.48. The number of carboxylic acid groups (broad SMARTS) is 1. The van der Waals surface area contributed by atoms with E-state index in [1.807, 2.05) is 24.3 Å². The quantitative estimate of drug-likeness (QED) is 0.362. The standard InChI is InChI=1S/C30H32FN3O4/c1-37-22-8-9-26(31)25(13-22)28-29(34-17-30(18-34)10-3-11-30)33-21(15-32-28)16-38-23-5-2-4-20(12-23)24(14-27(35)36)19-6-7-19/h2,4-5,8-9,12-13,15,19,24H,3,6-7,10-11,14,16-18H2,1H3,(H,35,36). The molecule has 6 rings (SSSR count). The number of hydrogen-bond acceptors (Lipinski definition) is 6. The Morgan fingerprint density at radius 1 is 1.18 bits per heavy atom. The Hall–Kier alpha value is -3.68. The molecule has 198 valence electrons. The largest absolute Gasteiger partial charge is 0.497 e. The van der Waals surface area contributed by atoms with Crippen LogP contribution in [0.5, 0.6) is 11.5 Å². The summed E-state index contributed by atoms with van der Waals surface area (Å²) in [6.07, 6.45) is 7.61. The minimum Gasteiger partial charge on any atom is -0.497 e.